The first-order valence-electron chi connectivity index (χ1n) is 7.40. The number of aromatic carboxylic acids is 1. The van der Waals surface area contributed by atoms with Crippen LogP contribution in [0.3, 0.4) is 0 Å². The normalized spacial score (nSPS) is 10.7. The predicted octanol–water partition coefficient (Wildman–Crippen LogP) is 2.33. The number of benzene rings is 1. The van der Waals surface area contributed by atoms with E-state index >= 15 is 0 Å². The van der Waals surface area contributed by atoms with E-state index < -0.39 is 11.9 Å². The third kappa shape index (κ3) is 3.78. The van der Waals surface area contributed by atoms with Crippen LogP contribution in [0.4, 0.5) is 0 Å². The second-order valence-corrected chi connectivity index (χ2v) is 5.07. The van der Waals surface area contributed by atoms with Gasteiger partial charge in [-0.3, -0.25) is 9.78 Å². The molecular formula is C18H14N4O3. The molecule has 124 valence electrons. The molecule has 2 heterocycles. The van der Waals surface area contributed by atoms with Gasteiger partial charge in [-0.25, -0.2) is 10.2 Å². The van der Waals surface area contributed by atoms with Gasteiger partial charge in [-0.05, 0) is 42.5 Å². The maximum Gasteiger partial charge on any atom is 0.335 e. The number of hydrogen-bond acceptors (Lipinski definition) is 4. The highest BCUT2D eigenvalue weighted by Gasteiger charge is 2.07. The number of carbonyl (C=O) groups excluding carboxylic acids is 1. The van der Waals surface area contributed by atoms with Gasteiger partial charge in [0.25, 0.3) is 5.91 Å². The largest absolute Gasteiger partial charge is 0.478 e. The zero-order valence-corrected chi connectivity index (χ0v) is 13.0. The lowest BCUT2D eigenvalue weighted by atomic mass is 10.2. The van der Waals surface area contributed by atoms with E-state index in [-0.39, 0.29) is 11.3 Å². The van der Waals surface area contributed by atoms with E-state index in [2.05, 4.69) is 15.5 Å². The molecule has 0 aliphatic heterocycles. The molecule has 2 aromatic heterocycles. The van der Waals surface area contributed by atoms with Crippen molar-refractivity contribution in [2.75, 3.05) is 0 Å². The van der Waals surface area contributed by atoms with Crippen molar-refractivity contribution in [2.24, 2.45) is 5.10 Å². The summed E-state index contributed by atoms with van der Waals surface area (Å²) >= 11 is 0. The quantitative estimate of drug-likeness (QED) is 0.553. The number of hydrogen-bond donors (Lipinski definition) is 2. The Hall–Kier alpha value is -3.74. The number of hydrazone groups is 1. The number of amides is 1. The Balaban J connectivity index is 1.77. The van der Waals surface area contributed by atoms with Crippen LogP contribution < -0.4 is 5.43 Å². The lowest BCUT2D eigenvalue weighted by Crippen LogP contribution is -2.19. The van der Waals surface area contributed by atoms with Crippen LogP contribution in [0, 0.1) is 0 Å². The summed E-state index contributed by atoms with van der Waals surface area (Å²) in [5.41, 5.74) is 4.23. The summed E-state index contributed by atoms with van der Waals surface area (Å²) in [7, 11) is 0. The second kappa shape index (κ2) is 7.22. The van der Waals surface area contributed by atoms with Gasteiger partial charge in [-0.15, -0.1) is 0 Å². The van der Waals surface area contributed by atoms with E-state index in [4.69, 9.17) is 5.11 Å². The molecule has 3 rings (SSSR count). The zero-order chi connectivity index (χ0) is 17.6. The number of carboxylic acids is 1. The average molecular weight is 334 g/mol. The Kier molecular flexibility index (Phi) is 4.66. The minimum atomic E-state index is -0.994. The summed E-state index contributed by atoms with van der Waals surface area (Å²) in [4.78, 5) is 26.9. The van der Waals surface area contributed by atoms with Crippen molar-refractivity contribution >= 4 is 18.1 Å². The van der Waals surface area contributed by atoms with E-state index in [9.17, 15) is 9.59 Å². The standard InChI is InChI=1S/C18H14N4O3/c23-17(16-8-1-2-9-19-16)21-20-12-15-7-4-10-22(15)14-6-3-5-13(11-14)18(24)25/h1-12H,(H,21,23)(H,24,25)/b20-12-. The molecular weight excluding hydrogens is 320 g/mol. The first-order valence-corrected chi connectivity index (χ1v) is 7.40. The van der Waals surface area contributed by atoms with Crippen LogP contribution in [0.15, 0.2) is 72.1 Å². The van der Waals surface area contributed by atoms with Gasteiger partial charge in [0.05, 0.1) is 17.5 Å². The molecule has 0 aliphatic carbocycles. The second-order valence-electron chi connectivity index (χ2n) is 5.07. The third-order valence-corrected chi connectivity index (χ3v) is 3.41. The molecule has 1 aromatic carbocycles. The molecule has 3 aromatic rings. The first kappa shape index (κ1) is 16.1. The highest BCUT2D eigenvalue weighted by Crippen LogP contribution is 2.13. The topological polar surface area (TPSA) is 96.6 Å². The van der Waals surface area contributed by atoms with Crippen molar-refractivity contribution in [3.05, 3.63) is 83.9 Å². The van der Waals surface area contributed by atoms with Crippen molar-refractivity contribution in [3.63, 3.8) is 0 Å². The van der Waals surface area contributed by atoms with Crippen LogP contribution in [0.1, 0.15) is 26.5 Å². The fourth-order valence-electron chi connectivity index (χ4n) is 2.23. The smallest absolute Gasteiger partial charge is 0.335 e. The molecule has 0 radical (unpaired) electrons. The molecule has 0 aliphatic rings. The van der Waals surface area contributed by atoms with Gasteiger partial charge in [0.15, 0.2) is 0 Å². The third-order valence-electron chi connectivity index (χ3n) is 3.41. The molecule has 0 unspecified atom stereocenters. The molecule has 0 spiro atoms. The van der Waals surface area contributed by atoms with Crippen LogP contribution in [0.25, 0.3) is 5.69 Å². The van der Waals surface area contributed by atoms with Gasteiger partial charge >= 0.3 is 5.97 Å². The minimum absolute atomic E-state index is 0.192. The van der Waals surface area contributed by atoms with Gasteiger partial charge in [0.1, 0.15) is 5.69 Å². The van der Waals surface area contributed by atoms with Gasteiger partial charge in [0, 0.05) is 18.1 Å². The lowest BCUT2D eigenvalue weighted by molar-refractivity contribution is 0.0696. The van der Waals surface area contributed by atoms with Crippen LogP contribution in [-0.2, 0) is 0 Å². The first-order chi connectivity index (χ1) is 12.1. The van der Waals surface area contributed by atoms with Gasteiger partial charge in [-0.2, -0.15) is 5.10 Å². The number of pyridine rings is 1. The Bertz CT molecular complexity index is 932. The molecule has 7 heteroatoms. The van der Waals surface area contributed by atoms with Gasteiger partial charge in [0.2, 0.25) is 0 Å². The van der Waals surface area contributed by atoms with Crippen LogP contribution in [0.2, 0.25) is 0 Å². The van der Waals surface area contributed by atoms with Crippen LogP contribution in [-0.4, -0.2) is 32.7 Å². The van der Waals surface area contributed by atoms with Gasteiger partial charge in [-0.1, -0.05) is 12.1 Å². The number of rotatable bonds is 5. The summed E-state index contributed by atoms with van der Waals surface area (Å²) in [6.07, 6.45) is 4.79. The maximum absolute atomic E-state index is 11.9. The van der Waals surface area contributed by atoms with Crippen molar-refractivity contribution in [1.29, 1.82) is 0 Å². The zero-order valence-electron chi connectivity index (χ0n) is 13.0. The summed E-state index contributed by atoms with van der Waals surface area (Å²) in [5, 5.41) is 13.0. The monoisotopic (exact) mass is 334 g/mol. The van der Waals surface area contributed by atoms with Crippen molar-refractivity contribution in [1.82, 2.24) is 15.0 Å². The molecule has 0 saturated heterocycles. The molecule has 7 nitrogen and oxygen atoms in total. The Labute approximate surface area is 143 Å². The van der Waals surface area contributed by atoms with E-state index in [0.717, 1.165) is 0 Å². The van der Waals surface area contributed by atoms with Crippen LogP contribution in [0.5, 0.6) is 0 Å². The van der Waals surface area contributed by atoms with Crippen LogP contribution >= 0.6 is 0 Å². The maximum atomic E-state index is 11.9. The van der Waals surface area contributed by atoms with E-state index in [1.807, 2.05) is 0 Å². The lowest BCUT2D eigenvalue weighted by Gasteiger charge is -2.07. The Morgan fingerprint density at radius 2 is 2.00 bits per heavy atom. The van der Waals surface area contributed by atoms with Gasteiger partial charge < -0.3 is 9.67 Å². The van der Waals surface area contributed by atoms with Crippen molar-refractivity contribution in [2.45, 2.75) is 0 Å². The molecule has 25 heavy (non-hydrogen) atoms. The Morgan fingerprint density at radius 1 is 1.12 bits per heavy atom. The van der Waals surface area contributed by atoms with E-state index in [0.29, 0.717) is 11.4 Å². The number of carbonyl (C=O) groups is 2. The fourth-order valence-corrected chi connectivity index (χ4v) is 2.23. The fraction of sp³-hybridized carbons (Fsp3) is 0. The minimum Gasteiger partial charge on any atom is -0.478 e. The summed E-state index contributed by atoms with van der Waals surface area (Å²) in [5.74, 6) is -1.41. The number of nitrogens with zero attached hydrogens (tertiary/aromatic N) is 3. The number of carboxylic acid groups (broad SMARTS) is 1. The van der Waals surface area contributed by atoms with E-state index in [1.165, 1.54) is 18.5 Å². The number of aromatic nitrogens is 2. The van der Waals surface area contributed by atoms with Crippen molar-refractivity contribution in [3.8, 4) is 5.69 Å². The molecule has 0 bridgehead atoms. The summed E-state index contributed by atoms with van der Waals surface area (Å²) < 4.78 is 1.77. The SMILES string of the molecule is O=C(O)c1cccc(-n2cccc2/C=N\NC(=O)c2ccccn2)c1. The summed E-state index contributed by atoms with van der Waals surface area (Å²) in [6, 6.07) is 15.2. The highest BCUT2D eigenvalue weighted by molar-refractivity contribution is 5.93. The van der Waals surface area contributed by atoms with Crippen molar-refractivity contribution < 1.29 is 14.7 Å². The Morgan fingerprint density at radius 3 is 2.76 bits per heavy atom. The molecule has 0 fully saturated rings. The summed E-state index contributed by atoms with van der Waals surface area (Å²) in [6.45, 7) is 0. The molecule has 2 N–H and O–H groups in total. The molecule has 1 amide bonds. The average Bonchev–Trinajstić information content (AvgIpc) is 3.11. The highest BCUT2D eigenvalue weighted by atomic mass is 16.4. The predicted molar refractivity (Wildman–Crippen MR) is 92.0 cm³/mol. The molecule has 0 atom stereocenters. The number of nitrogens with one attached hydrogen (secondary N) is 1. The van der Waals surface area contributed by atoms with E-state index in [1.54, 1.807) is 59.3 Å². The molecule has 0 saturated carbocycles.